The van der Waals surface area contributed by atoms with E-state index in [9.17, 15) is 10.1 Å². The van der Waals surface area contributed by atoms with Gasteiger partial charge in [0.2, 0.25) is 0 Å². The van der Waals surface area contributed by atoms with Crippen LogP contribution in [-0.4, -0.2) is 29.0 Å². The van der Waals surface area contributed by atoms with Crippen molar-refractivity contribution in [1.82, 2.24) is 4.90 Å². The summed E-state index contributed by atoms with van der Waals surface area (Å²) in [6.45, 7) is 6.74. The summed E-state index contributed by atoms with van der Waals surface area (Å²) in [6.07, 6.45) is 4.63. The topological polar surface area (TPSA) is 72.4 Å². The van der Waals surface area contributed by atoms with Crippen LogP contribution >= 0.6 is 0 Å². The van der Waals surface area contributed by atoms with Crippen molar-refractivity contribution in [1.29, 1.82) is 0 Å². The van der Waals surface area contributed by atoms with Crippen LogP contribution < -0.4 is 5.73 Å². The highest BCUT2D eigenvalue weighted by Gasteiger charge is 2.52. The number of fused-ring (bicyclic) bond motifs is 4. The minimum Gasteiger partial charge on any atom is -0.393 e. The molecular weight excluding hydrogens is 290 g/mol. The number of likely N-dealkylation sites (tertiary alicyclic amines) is 1. The molecule has 124 valence electrons. The van der Waals surface area contributed by atoms with Crippen LogP contribution in [0.2, 0.25) is 0 Å². The first kappa shape index (κ1) is 14.9. The summed E-state index contributed by atoms with van der Waals surface area (Å²) >= 11 is 0. The van der Waals surface area contributed by atoms with Crippen molar-refractivity contribution < 1.29 is 4.92 Å². The first-order valence-corrected chi connectivity index (χ1v) is 8.72. The van der Waals surface area contributed by atoms with Gasteiger partial charge in [-0.2, -0.15) is 0 Å². The monoisotopic (exact) mass is 315 g/mol. The Morgan fingerprint density at radius 1 is 1.43 bits per heavy atom. The van der Waals surface area contributed by atoms with Crippen LogP contribution in [0.25, 0.3) is 0 Å². The van der Waals surface area contributed by atoms with Gasteiger partial charge < -0.3 is 5.73 Å². The van der Waals surface area contributed by atoms with Crippen molar-refractivity contribution in [2.75, 3.05) is 18.8 Å². The molecule has 1 aromatic carbocycles. The number of nitro benzene ring substituents is 1. The van der Waals surface area contributed by atoms with Crippen molar-refractivity contribution in [2.45, 2.75) is 51.0 Å². The maximum atomic E-state index is 11.6. The number of hydrogen-bond donors (Lipinski definition) is 1. The molecule has 0 spiro atoms. The molecule has 0 aromatic heterocycles. The van der Waals surface area contributed by atoms with Crippen molar-refractivity contribution in [3.8, 4) is 0 Å². The first-order valence-electron chi connectivity index (χ1n) is 8.72. The highest BCUT2D eigenvalue weighted by Crippen LogP contribution is 2.53. The van der Waals surface area contributed by atoms with Crippen LogP contribution in [0.15, 0.2) is 12.1 Å². The molecule has 1 aliphatic heterocycles. The minimum absolute atomic E-state index is 0.143. The number of benzene rings is 1. The molecule has 1 aromatic rings. The Morgan fingerprint density at radius 2 is 2.17 bits per heavy atom. The molecule has 3 aliphatic rings. The molecule has 3 atom stereocenters. The molecule has 23 heavy (non-hydrogen) atoms. The highest BCUT2D eigenvalue weighted by atomic mass is 16.6. The number of hydrogen-bond acceptors (Lipinski definition) is 4. The Hall–Kier alpha value is -1.62. The Balaban J connectivity index is 1.80. The summed E-state index contributed by atoms with van der Waals surface area (Å²) in [4.78, 5) is 14.0. The highest BCUT2D eigenvalue weighted by molar-refractivity contribution is 5.68. The SMILES string of the molecule is C[C@H]1C2Cc3ccc(N)c([N+](=O)[O-])c3[C@@]1(C)CCN2CC1CC1. The molecular formula is C18H25N3O2. The third-order valence-electron chi connectivity index (χ3n) is 6.64. The number of anilines is 1. The average Bonchev–Trinajstić information content (AvgIpc) is 3.30. The van der Waals surface area contributed by atoms with Crippen molar-refractivity contribution in [3.05, 3.63) is 33.4 Å². The van der Waals surface area contributed by atoms with E-state index >= 15 is 0 Å². The summed E-state index contributed by atoms with van der Waals surface area (Å²) < 4.78 is 0. The van der Waals surface area contributed by atoms with Gasteiger partial charge in [-0.15, -0.1) is 0 Å². The van der Waals surface area contributed by atoms with Gasteiger partial charge in [0.1, 0.15) is 5.69 Å². The van der Waals surface area contributed by atoms with Gasteiger partial charge in [0.15, 0.2) is 0 Å². The van der Waals surface area contributed by atoms with E-state index in [1.165, 1.54) is 19.4 Å². The Morgan fingerprint density at radius 3 is 2.83 bits per heavy atom. The fourth-order valence-corrected chi connectivity index (χ4v) is 4.91. The molecule has 1 saturated carbocycles. The van der Waals surface area contributed by atoms with E-state index in [1.807, 2.05) is 6.07 Å². The molecule has 1 saturated heterocycles. The van der Waals surface area contributed by atoms with Gasteiger partial charge in [0.05, 0.1) is 4.92 Å². The molecule has 1 unspecified atom stereocenters. The van der Waals surface area contributed by atoms with Gasteiger partial charge in [0, 0.05) is 23.6 Å². The van der Waals surface area contributed by atoms with Gasteiger partial charge in [-0.25, -0.2) is 0 Å². The first-order chi connectivity index (χ1) is 10.9. The Labute approximate surface area is 137 Å². The lowest BCUT2D eigenvalue weighted by atomic mass is 9.58. The molecule has 1 heterocycles. The molecule has 2 fully saturated rings. The van der Waals surface area contributed by atoms with E-state index < -0.39 is 0 Å². The zero-order valence-corrected chi connectivity index (χ0v) is 13.9. The van der Waals surface area contributed by atoms with E-state index in [1.54, 1.807) is 6.07 Å². The summed E-state index contributed by atoms with van der Waals surface area (Å²) in [5.41, 5.74) is 8.34. The largest absolute Gasteiger partial charge is 0.393 e. The number of nitrogens with two attached hydrogens (primary N) is 1. The number of rotatable bonds is 3. The number of piperidine rings is 1. The third kappa shape index (κ3) is 2.17. The second-order valence-corrected chi connectivity index (χ2v) is 7.96. The predicted molar refractivity (Wildman–Crippen MR) is 90.4 cm³/mol. The molecule has 4 rings (SSSR count). The smallest absolute Gasteiger partial charge is 0.296 e. The fourth-order valence-electron chi connectivity index (χ4n) is 4.91. The van der Waals surface area contributed by atoms with Crippen LogP contribution in [0, 0.1) is 22.0 Å². The molecule has 0 radical (unpaired) electrons. The van der Waals surface area contributed by atoms with Crippen LogP contribution in [0.4, 0.5) is 11.4 Å². The maximum absolute atomic E-state index is 11.6. The van der Waals surface area contributed by atoms with E-state index in [0.717, 1.165) is 36.4 Å². The van der Waals surface area contributed by atoms with Gasteiger partial charge >= 0.3 is 0 Å². The van der Waals surface area contributed by atoms with Crippen LogP contribution in [-0.2, 0) is 11.8 Å². The summed E-state index contributed by atoms with van der Waals surface area (Å²) in [5.74, 6) is 1.30. The second-order valence-electron chi connectivity index (χ2n) is 7.96. The molecule has 0 amide bonds. The van der Waals surface area contributed by atoms with Gasteiger partial charge in [-0.1, -0.05) is 19.9 Å². The van der Waals surface area contributed by atoms with Crippen LogP contribution in [0.3, 0.4) is 0 Å². The second kappa shape index (κ2) is 4.94. The normalized spacial score (nSPS) is 33.3. The summed E-state index contributed by atoms with van der Waals surface area (Å²) in [7, 11) is 0. The number of nitrogen functional groups attached to an aromatic ring is 1. The molecule has 2 bridgehead atoms. The summed E-state index contributed by atoms with van der Waals surface area (Å²) in [5, 5.41) is 11.6. The fraction of sp³-hybridized carbons (Fsp3) is 0.667. The molecule has 2 N–H and O–H groups in total. The van der Waals surface area contributed by atoms with E-state index in [0.29, 0.717) is 17.6 Å². The van der Waals surface area contributed by atoms with Gasteiger partial charge in [0.25, 0.3) is 5.69 Å². The lowest BCUT2D eigenvalue weighted by molar-refractivity contribution is -0.385. The molecule has 5 nitrogen and oxygen atoms in total. The molecule has 2 aliphatic carbocycles. The van der Waals surface area contributed by atoms with E-state index in [-0.39, 0.29) is 16.0 Å². The lowest BCUT2D eigenvalue weighted by Gasteiger charge is -2.54. The number of nitrogens with zero attached hydrogens (tertiary/aromatic N) is 2. The summed E-state index contributed by atoms with van der Waals surface area (Å²) in [6, 6.07) is 4.25. The van der Waals surface area contributed by atoms with Gasteiger partial charge in [-0.3, -0.25) is 15.0 Å². The third-order valence-corrected chi connectivity index (χ3v) is 6.64. The zero-order valence-electron chi connectivity index (χ0n) is 13.9. The number of nitro groups is 1. The van der Waals surface area contributed by atoms with Crippen molar-refractivity contribution in [3.63, 3.8) is 0 Å². The maximum Gasteiger partial charge on any atom is 0.296 e. The average molecular weight is 315 g/mol. The standard InChI is InChI=1S/C18H25N3O2/c1-11-15-9-13-5-6-14(19)17(21(22)23)16(13)18(11,2)7-8-20(15)10-12-3-4-12/h5-6,11-12,15H,3-4,7-10,19H2,1-2H3/t11-,15?,18-/m0/s1. The van der Waals surface area contributed by atoms with Gasteiger partial charge in [-0.05, 0) is 55.7 Å². The molecule has 5 heteroatoms. The zero-order chi connectivity index (χ0) is 16.4. The van der Waals surface area contributed by atoms with Crippen molar-refractivity contribution in [2.24, 2.45) is 11.8 Å². The predicted octanol–water partition coefficient (Wildman–Crippen LogP) is 3.11. The minimum atomic E-state index is -0.275. The van der Waals surface area contributed by atoms with E-state index in [2.05, 4.69) is 18.7 Å². The van der Waals surface area contributed by atoms with Crippen LogP contribution in [0.1, 0.15) is 44.2 Å². The lowest BCUT2D eigenvalue weighted by Crippen LogP contribution is -2.58. The van der Waals surface area contributed by atoms with Crippen molar-refractivity contribution >= 4 is 11.4 Å². The van der Waals surface area contributed by atoms with Crippen LogP contribution in [0.5, 0.6) is 0 Å². The van der Waals surface area contributed by atoms with E-state index in [4.69, 9.17) is 5.73 Å². The Kier molecular flexibility index (Phi) is 3.21. The Bertz CT molecular complexity index is 670. The quantitative estimate of drug-likeness (QED) is 0.528.